The number of carbonyl (C=O) groups is 3. The minimum atomic E-state index is -1.26. The van der Waals surface area contributed by atoms with Gasteiger partial charge >= 0.3 is 11.9 Å². The summed E-state index contributed by atoms with van der Waals surface area (Å²) in [5.41, 5.74) is 4.20. The lowest BCUT2D eigenvalue weighted by Crippen LogP contribution is -2.44. The largest absolute Gasteiger partial charge is 0.478 e. The number of fused-ring (bicyclic) bond motifs is 4. The number of aromatic amines is 1. The molecular formula is C29H30F2N2O5. The SMILES string of the molecule is O=C(CCCN1CC[C@@H]2Cc3[nH]c4ccc(F)cc4c3C[C@H]2C1)c1ccc(F)cc1.O=C(O)/C=C/C(=O)O. The van der Waals surface area contributed by atoms with E-state index >= 15 is 0 Å². The molecule has 2 aromatic carbocycles. The third-order valence-electron chi connectivity index (χ3n) is 7.28. The lowest BCUT2D eigenvalue weighted by molar-refractivity contribution is -0.134. The van der Waals surface area contributed by atoms with E-state index in [0.717, 1.165) is 49.8 Å². The summed E-state index contributed by atoms with van der Waals surface area (Å²) in [6.07, 6.45) is 5.63. The molecule has 1 aliphatic carbocycles. The van der Waals surface area contributed by atoms with Crippen LogP contribution in [0.2, 0.25) is 0 Å². The predicted octanol–water partition coefficient (Wildman–Crippen LogP) is 4.86. The van der Waals surface area contributed by atoms with E-state index in [4.69, 9.17) is 10.2 Å². The first-order valence-electron chi connectivity index (χ1n) is 12.6. The van der Waals surface area contributed by atoms with Gasteiger partial charge in [-0.1, -0.05) is 0 Å². The average molecular weight is 525 g/mol. The van der Waals surface area contributed by atoms with Crippen molar-refractivity contribution in [1.82, 2.24) is 9.88 Å². The van der Waals surface area contributed by atoms with Crippen LogP contribution in [0.5, 0.6) is 0 Å². The lowest BCUT2D eigenvalue weighted by atomic mass is 9.74. The number of H-pyrrole nitrogens is 1. The summed E-state index contributed by atoms with van der Waals surface area (Å²) < 4.78 is 26.8. The number of carbonyl (C=O) groups excluding carboxylic acids is 1. The molecule has 3 N–H and O–H groups in total. The summed E-state index contributed by atoms with van der Waals surface area (Å²) in [5, 5.41) is 16.7. The van der Waals surface area contributed by atoms with Crippen molar-refractivity contribution in [2.24, 2.45) is 11.8 Å². The molecule has 5 rings (SSSR count). The Kier molecular flexibility index (Phi) is 8.68. The normalized spacial score (nSPS) is 18.9. The predicted molar refractivity (Wildman–Crippen MR) is 138 cm³/mol. The molecule has 1 fully saturated rings. The number of nitrogens with one attached hydrogen (secondary N) is 1. The molecule has 7 nitrogen and oxygen atoms in total. The Hall–Kier alpha value is -3.85. The second-order valence-electron chi connectivity index (χ2n) is 9.83. The maximum absolute atomic E-state index is 13.8. The molecule has 0 radical (unpaired) electrons. The summed E-state index contributed by atoms with van der Waals surface area (Å²) in [5.74, 6) is -1.67. The standard InChI is InChI=1S/C25H26F2N2O.C4H4O4/c26-19-5-3-16(4-6-19)25(30)2-1-10-29-11-9-17-13-24-21(12-18(17)15-29)22-14-20(27)7-8-23(22)28-24;5-3(6)1-2-4(7)8/h3-8,14,17-18,28H,1-2,9-13,15H2;1-2H,(H,5,6)(H,7,8)/b;2-1+/t17-,18+;/m1./s1. The third kappa shape index (κ3) is 6.92. The molecule has 0 bridgehead atoms. The Morgan fingerprint density at radius 3 is 2.32 bits per heavy atom. The molecule has 1 aliphatic heterocycles. The highest BCUT2D eigenvalue weighted by atomic mass is 19.1. The number of aromatic nitrogens is 1. The van der Waals surface area contributed by atoms with E-state index in [1.165, 1.54) is 35.9 Å². The minimum absolute atomic E-state index is 0.0769. The molecule has 0 unspecified atom stereocenters. The van der Waals surface area contributed by atoms with Crippen LogP contribution in [0.25, 0.3) is 10.9 Å². The third-order valence-corrected chi connectivity index (χ3v) is 7.28. The van der Waals surface area contributed by atoms with Crippen LogP contribution in [-0.2, 0) is 22.4 Å². The van der Waals surface area contributed by atoms with Gasteiger partial charge in [-0.15, -0.1) is 0 Å². The maximum atomic E-state index is 13.8. The van der Waals surface area contributed by atoms with Crippen LogP contribution >= 0.6 is 0 Å². The number of Topliss-reactive ketones (excluding diaryl/α,β-unsaturated/α-hetero) is 1. The number of benzene rings is 2. The average Bonchev–Trinajstić information content (AvgIpc) is 3.23. The van der Waals surface area contributed by atoms with Crippen LogP contribution in [0.3, 0.4) is 0 Å². The molecule has 0 saturated carbocycles. The van der Waals surface area contributed by atoms with Gasteiger partial charge in [0.25, 0.3) is 0 Å². The van der Waals surface area contributed by atoms with E-state index in [9.17, 15) is 23.2 Å². The molecule has 2 heterocycles. The number of aliphatic carboxylic acids is 2. The van der Waals surface area contributed by atoms with Crippen molar-refractivity contribution >= 4 is 28.6 Å². The van der Waals surface area contributed by atoms with Gasteiger partial charge in [0.15, 0.2) is 5.78 Å². The molecule has 0 amide bonds. The number of nitrogens with zero attached hydrogens (tertiary/aromatic N) is 1. The maximum Gasteiger partial charge on any atom is 0.328 e. The van der Waals surface area contributed by atoms with Gasteiger partial charge in [0.2, 0.25) is 0 Å². The molecule has 2 atom stereocenters. The Morgan fingerprint density at radius 2 is 1.63 bits per heavy atom. The number of likely N-dealkylation sites (tertiary alicyclic amines) is 1. The monoisotopic (exact) mass is 524 g/mol. The zero-order valence-corrected chi connectivity index (χ0v) is 20.8. The number of hydrogen-bond donors (Lipinski definition) is 3. The van der Waals surface area contributed by atoms with Gasteiger partial charge < -0.3 is 20.1 Å². The Labute approximate surface area is 218 Å². The summed E-state index contributed by atoms with van der Waals surface area (Å²) >= 11 is 0. The van der Waals surface area contributed by atoms with Gasteiger partial charge in [0, 0.05) is 47.3 Å². The topological polar surface area (TPSA) is 111 Å². The highest BCUT2D eigenvalue weighted by Gasteiger charge is 2.35. The van der Waals surface area contributed by atoms with E-state index in [2.05, 4.69) is 9.88 Å². The van der Waals surface area contributed by atoms with E-state index in [1.807, 2.05) is 6.07 Å². The number of hydrogen-bond acceptors (Lipinski definition) is 4. The van der Waals surface area contributed by atoms with Crippen LogP contribution in [0, 0.1) is 23.5 Å². The fraction of sp³-hybridized carbons (Fsp3) is 0.345. The van der Waals surface area contributed by atoms with Crippen LogP contribution in [-0.4, -0.2) is 57.5 Å². The van der Waals surface area contributed by atoms with Crippen molar-refractivity contribution in [2.75, 3.05) is 19.6 Å². The Morgan fingerprint density at radius 1 is 0.947 bits per heavy atom. The summed E-state index contributed by atoms with van der Waals surface area (Å²) in [6.45, 7) is 3.01. The van der Waals surface area contributed by atoms with Crippen molar-refractivity contribution in [2.45, 2.75) is 32.1 Å². The van der Waals surface area contributed by atoms with E-state index in [1.54, 1.807) is 18.2 Å². The molecule has 1 saturated heterocycles. The first-order valence-corrected chi connectivity index (χ1v) is 12.6. The second kappa shape index (κ2) is 12.1. The van der Waals surface area contributed by atoms with Crippen LogP contribution < -0.4 is 0 Å². The Bertz CT molecular complexity index is 1330. The number of halogens is 2. The fourth-order valence-electron chi connectivity index (χ4n) is 5.45. The molecule has 38 heavy (non-hydrogen) atoms. The summed E-state index contributed by atoms with van der Waals surface area (Å²) in [6, 6.07) is 10.8. The molecule has 200 valence electrons. The van der Waals surface area contributed by atoms with Crippen molar-refractivity contribution in [3.05, 3.63) is 83.1 Å². The second-order valence-corrected chi connectivity index (χ2v) is 9.83. The number of carboxylic acids is 2. The van der Waals surface area contributed by atoms with E-state index in [-0.39, 0.29) is 17.4 Å². The van der Waals surface area contributed by atoms with Gasteiger partial charge in [-0.25, -0.2) is 18.4 Å². The quantitative estimate of drug-likeness (QED) is 0.301. The van der Waals surface area contributed by atoms with Gasteiger partial charge in [0.1, 0.15) is 11.6 Å². The van der Waals surface area contributed by atoms with Crippen molar-refractivity contribution in [3.8, 4) is 0 Å². The van der Waals surface area contributed by atoms with Crippen molar-refractivity contribution < 1.29 is 33.4 Å². The van der Waals surface area contributed by atoms with Gasteiger partial charge in [-0.05, 0) is 98.6 Å². The molecule has 2 aliphatic rings. The van der Waals surface area contributed by atoms with Crippen molar-refractivity contribution in [3.63, 3.8) is 0 Å². The van der Waals surface area contributed by atoms with Gasteiger partial charge in [-0.3, -0.25) is 4.79 Å². The minimum Gasteiger partial charge on any atom is -0.478 e. The highest BCUT2D eigenvalue weighted by Crippen LogP contribution is 2.39. The van der Waals surface area contributed by atoms with Gasteiger partial charge in [-0.2, -0.15) is 0 Å². The van der Waals surface area contributed by atoms with E-state index in [0.29, 0.717) is 36.0 Å². The molecule has 3 aromatic rings. The van der Waals surface area contributed by atoms with Crippen molar-refractivity contribution in [1.29, 1.82) is 0 Å². The highest BCUT2D eigenvalue weighted by molar-refractivity contribution is 5.96. The summed E-state index contributed by atoms with van der Waals surface area (Å²) in [7, 11) is 0. The lowest BCUT2D eigenvalue weighted by Gasteiger charge is -2.41. The summed E-state index contributed by atoms with van der Waals surface area (Å²) in [4.78, 5) is 37.4. The molecule has 1 aromatic heterocycles. The first-order chi connectivity index (χ1) is 18.2. The number of ketones is 1. The zero-order valence-electron chi connectivity index (χ0n) is 20.8. The molecule has 0 spiro atoms. The van der Waals surface area contributed by atoms with Crippen LogP contribution in [0.4, 0.5) is 8.78 Å². The smallest absolute Gasteiger partial charge is 0.328 e. The van der Waals surface area contributed by atoms with E-state index < -0.39 is 11.9 Å². The Balaban J connectivity index is 0.000000368. The van der Waals surface area contributed by atoms with Gasteiger partial charge in [0.05, 0.1) is 0 Å². The fourth-order valence-corrected chi connectivity index (χ4v) is 5.45. The number of piperidine rings is 1. The molecule has 9 heteroatoms. The van der Waals surface area contributed by atoms with Crippen LogP contribution in [0.15, 0.2) is 54.6 Å². The number of rotatable bonds is 7. The molecular weight excluding hydrogens is 494 g/mol. The zero-order chi connectivity index (χ0) is 27.2. The van der Waals surface area contributed by atoms with Crippen LogP contribution in [0.1, 0.15) is 40.9 Å². The number of carboxylic acid groups (broad SMARTS) is 2. The first kappa shape index (κ1) is 27.2.